The number of hydrogen-bond donors (Lipinski definition) is 1. The van der Waals surface area contributed by atoms with E-state index >= 15 is 0 Å². The zero-order valence-corrected chi connectivity index (χ0v) is 14.9. The van der Waals surface area contributed by atoms with Crippen LogP contribution in [0.2, 0.25) is 0 Å². The van der Waals surface area contributed by atoms with E-state index in [1.165, 1.54) is 0 Å². The van der Waals surface area contributed by atoms with Gasteiger partial charge in [0.25, 0.3) is 0 Å². The van der Waals surface area contributed by atoms with Crippen LogP contribution in [0.1, 0.15) is 42.1 Å². The van der Waals surface area contributed by atoms with Crippen molar-refractivity contribution in [2.24, 2.45) is 0 Å². The molecule has 8 nitrogen and oxygen atoms in total. The summed E-state index contributed by atoms with van der Waals surface area (Å²) < 4.78 is 16.0. The lowest BCUT2D eigenvalue weighted by Gasteiger charge is -2.24. The highest BCUT2D eigenvalue weighted by Crippen LogP contribution is 2.38. The molecule has 1 saturated carbocycles. The molecule has 1 aliphatic heterocycles. The maximum Gasteiger partial charge on any atom is 0.241 e. The van der Waals surface area contributed by atoms with E-state index in [1.54, 1.807) is 0 Å². The van der Waals surface area contributed by atoms with Gasteiger partial charge in [0, 0.05) is 18.9 Å². The molecule has 138 valence electrons. The van der Waals surface area contributed by atoms with Crippen molar-refractivity contribution < 1.29 is 18.8 Å². The summed E-state index contributed by atoms with van der Waals surface area (Å²) >= 11 is 0. The van der Waals surface area contributed by atoms with Crippen molar-refractivity contribution in [2.45, 2.75) is 31.2 Å². The SMILES string of the molecule is CN(C)C(C(=O)NCCc1noc(C2CC2)n1)c1ccc2c(c1)OCO2. The van der Waals surface area contributed by atoms with Crippen molar-refractivity contribution in [1.29, 1.82) is 0 Å². The Balaban J connectivity index is 1.37. The van der Waals surface area contributed by atoms with E-state index in [1.807, 2.05) is 37.2 Å². The minimum absolute atomic E-state index is 0.0835. The molecule has 1 N–H and O–H groups in total. The van der Waals surface area contributed by atoms with Gasteiger partial charge in [-0.2, -0.15) is 4.98 Å². The highest BCUT2D eigenvalue weighted by Gasteiger charge is 2.29. The molecular weight excluding hydrogens is 336 g/mol. The molecular formula is C18H22N4O4. The molecule has 1 fully saturated rings. The van der Waals surface area contributed by atoms with Crippen LogP contribution in [0, 0.1) is 0 Å². The average Bonchev–Trinajstić information content (AvgIpc) is 3.16. The van der Waals surface area contributed by atoms with Crippen molar-refractivity contribution in [2.75, 3.05) is 27.4 Å². The Hall–Kier alpha value is -2.61. The fraction of sp³-hybridized carbons (Fsp3) is 0.500. The van der Waals surface area contributed by atoms with E-state index in [0.717, 1.165) is 24.3 Å². The third-order valence-electron chi connectivity index (χ3n) is 4.54. The second-order valence-electron chi connectivity index (χ2n) is 6.84. The predicted octanol–water partition coefficient (Wildman–Crippen LogP) is 1.64. The van der Waals surface area contributed by atoms with Gasteiger partial charge in [-0.05, 0) is 44.6 Å². The maximum atomic E-state index is 12.7. The number of hydrogen-bond acceptors (Lipinski definition) is 7. The molecule has 2 heterocycles. The number of ether oxygens (including phenoxy) is 2. The first kappa shape index (κ1) is 16.8. The van der Waals surface area contributed by atoms with E-state index in [2.05, 4.69) is 15.5 Å². The van der Waals surface area contributed by atoms with Gasteiger partial charge in [0.1, 0.15) is 6.04 Å². The first-order valence-corrected chi connectivity index (χ1v) is 8.78. The first-order chi connectivity index (χ1) is 12.6. The largest absolute Gasteiger partial charge is 0.454 e. The molecule has 1 atom stereocenters. The molecule has 0 spiro atoms. The summed E-state index contributed by atoms with van der Waals surface area (Å²) in [5.41, 5.74) is 0.854. The summed E-state index contributed by atoms with van der Waals surface area (Å²) in [6.07, 6.45) is 2.79. The standard InChI is InChI=1S/C18H22N4O4/c1-22(2)16(12-5-6-13-14(9-12)25-10-24-13)17(23)19-8-7-15-20-18(26-21-15)11-3-4-11/h5-6,9,11,16H,3-4,7-8,10H2,1-2H3,(H,19,23). The predicted molar refractivity (Wildman–Crippen MR) is 92.0 cm³/mol. The lowest BCUT2D eigenvalue weighted by molar-refractivity contribution is -0.125. The molecule has 1 amide bonds. The second-order valence-corrected chi connectivity index (χ2v) is 6.84. The van der Waals surface area contributed by atoms with Gasteiger partial charge in [-0.25, -0.2) is 0 Å². The number of nitrogens with zero attached hydrogens (tertiary/aromatic N) is 3. The Morgan fingerprint density at radius 1 is 1.31 bits per heavy atom. The monoisotopic (exact) mass is 358 g/mol. The van der Waals surface area contributed by atoms with Crippen LogP contribution in [0.15, 0.2) is 22.7 Å². The lowest BCUT2D eigenvalue weighted by Crippen LogP contribution is -2.38. The molecule has 8 heteroatoms. The topological polar surface area (TPSA) is 89.7 Å². The summed E-state index contributed by atoms with van der Waals surface area (Å²) in [6.45, 7) is 0.669. The number of carbonyl (C=O) groups excluding carboxylic acids is 1. The number of carbonyl (C=O) groups is 1. The van der Waals surface area contributed by atoms with Gasteiger partial charge in [-0.15, -0.1) is 0 Å². The van der Waals surface area contributed by atoms with E-state index < -0.39 is 6.04 Å². The molecule has 1 aliphatic carbocycles. The second kappa shape index (κ2) is 6.95. The van der Waals surface area contributed by atoms with E-state index in [0.29, 0.717) is 36.2 Å². The van der Waals surface area contributed by atoms with E-state index in [-0.39, 0.29) is 12.7 Å². The van der Waals surface area contributed by atoms with Gasteiger partial charge >= 0.3 is 0 Å². The average molecular weight is 358 g/mol. The molecule has 1 unspecified atom stereocenters. The summed E-state index contributed by atoms with van der Waals surface area (Å²) in [6, 6.07) is 5.16. The van der Waals surface area contributed by atoms with Crippen molar-refractivity contribution in [3.05, 3.63) is 35.5 Å². The third kappa shape index (κ3) is 3.50. The molecule has 0 bridgehead atoms. The van der Waals surface area contributed by atoms with Crippen molar-refractivity contribution in [1.82, 2.24) is 20.4 Å². The lowest BCUT2D eigenvalue weighted by atomic mass is 10.0. The minimum atomic E-state index is -0.420. The van der Waals surface area contributed by atoms with Crippen LogP contribution in [0.3, 0.4) is 0 Å². The fourth-order valence-electron chi connectivity index (χ4n) is 3.03. The summed E-state index contributed by atoms with van der Waals surface area (Å²) in [7, 11) is 3.74. The molecule has 1 aromatic heterocycles. The highest BCUT2D eigenvalue weighted by molar-refractivity contribution is 5.83. The van der Waals surface area contributed by atoms with Gasteiger partial charge in [0.15, 0.2) is 17.3 Å². The Bertz CT molecular complexity index is 800. The van der Waals surface area contributed by atoms with Crippen LogP contribution in [0.5, 0.6) is 11.5 Å². The maximum absolute atomic E-state index is 12.7. The van der Waals surface area contributed by atoms with Crippen molar-refractivity contribution >= 4 is 5.91 Å². The Labute approximate surface area is 151 Å². The first-order valence-electron chi connectivity index (χ1n) is 8.78. The normalized spacial score (nSPS) is 16.7. The van der Waals surface area contributed by atoms with Crippen LogP contribution in [-0.4, -0.2) is 48.4 Å². The van der Waals surface area contributed by atoms with Gasteiger partial charge < -0.3 is 19.3 Å². The number of aromatic nitrogens is 2. The number of benzene rings is 1. The zero-order chi connectivity index (χ0) is 18.1. The molecule has 0 radical (unpaired) electrons. The zero-order valence-electron chi connectivity index (χ0n) is 14.9. The van der Waals surface area contributed by atoms with Crippen LogP contribution in [-0.2, 0) is 11.2 Å². The molecule has 4 rings (SSSR count). The number of amides is 1. The van der Waals surface area contributed by atoms with E-state index in [4.69, 9.17) is 14.0 Å². The van der Waals surface area contributed by atoms with Gasteiger partial charge in [0.2, 0.25) is 18.6 Å². The highest BCUT2D eigenvalue weighted by atomic mass is 16.7. The number of likely N-dealkylation sites (N-methyl/N-ethyl adjacent to an activating group) is 1. The molecule has 2 aromatic rings. The molecule has 0 saturated heterocycles. The molecule has 2 aliphatic rings. The van der Waals surface area contributed by atoms with Gasteiger partial charge in [-0.1, -0.05) is 11.2 Å². The van der Waals surface area contributed by atoms with Crippen molar-refractivity contribution in [3.8, 4) is 11.5 Å². The van der Waals surface area contributed by atoms with Crippen LogP contribution < -0.4 is 14.8 Å². The van der Waals surface area contributed by atoms with Crippen LogP contribution >= 0.6 is 0 Å². The Morgan fingerprint density at radius 2 is 2.12 bits per heavy atom. The molecule has 1 aromatic carbocycles. The van der Waals surface area contributed by atoms with Crippen molar-refractivity contribution in [3.63, 3.8) is 0 Å². The smallest absolute Gasteiger partial charge is 0.241 e. The Kier molecular flexibility index (Phi) is 4.50. The third-order valence-corrected chi connectivity index (χ3v) is 4.54. The number of nitrogens with one attached hydrogen (secondary N) is 1. The van der Waals surface area contributed by atoms with Gasteiger partial charge in [0.05, 0.1) is 0 Å². The fourth-order valence-corrected chi connectivity index (χ4v) is 3.03. The van der Waals surface area contributed by atoms with Crippen LogP contribution in [0.4, 0.5) is 0 Å². The molecule has 26 heavy (non-hydrogen) atoms. The Morgan fingerprint density at radius 3 is 2.88 bits per heavy atom. The minimum Gasteiger partial charge on any atom is -0.454 e. The number of rotatable bonds is 7. The van der Waals surface area contributed by atoms with Crippen LogP contribution in [0.25, 0.3) is 0 Å². The van der Waals surface area contributed by atoms with Gasteiger partial charge in [-0.3, -0.25) is 9.69 Å². The summed E-state index contributed by atoms with van der Waals surface area (Å²) in [5.74, 6) is 3.08. The number of fused-ring (bicyclic) bond motifs is 1. The van der Waals surface area contributed by atoms with E-state index in [9.17, 15) is 4.79 Å². The summed E-state index contributed by atoms with van der Waals surface area (Å²) in [5, 5.41) is 6.93. The summed E-state index contributed by atoms with van der Waals surface area (Å²) in [4.78, 5) is 19.0. The quantitative estimate of drug-likeness (QED) is 0.805.